The van der Waals surface area contributed by atoms with E-state index >= 15 is 0 Å². The highest BCUT2D eigenvalue weighted by Crippen LogP contribution is 2.22. The third kappa shape index (κ3) is 3.27. The summed E-state index contributed by atoms with van der Waals surface area (Å²) in [5, 5.41) is 2.92. The van der Waals surface area contributed by atoms with E-state index in [4.69, 9.17) is 4.74 Å². The number of benzene rings is 3. The number of fused-ring (bicyclic) bond motifs is 1. The normalized spacial score (nSPS) is 10.7. The van der Waals surface area contributed by atoms with Gasteiger partial charge in [-0.1, -0.05) is 18.2 Å². The lowest BCUT2D eigenvalue weighted by Gasteiger charge is -2.10. The number of imidazole rings is 1. The van der Waals surface area contributed by atoms with Crippen molar-refractivity contribution in [3.8, 4) is 11.4 Å². The van der Waals surface area contributed by atoms with Gasteiger partial charge in [-0.05, 0) is 61.0 Å². The molecule has 0 radical (unpaired) electrons. The maximum atomic E-state index is 12.5. The zero-order valence-corrected chi connectivity index (χ0v) is 15.1. The minimum absolute atomic E-state index is 0.172. The fourth-order valence-corrected chi connectivity index (χ4v) is 3.03. The van der Waals surface area contributed by atoms with E-state index in [1.165, 1.54) is 0 Å². The van der Waals surface area contributed by atoms with Crippen molar-refractivity contribution in [2.45, 2.75) is 6.92 Å². The quantitative estimate of drug-likeness (QED) is 0.581. The number of rotatable bonds is 4. The summed E-state index contributed by atoms with van der Waals surface area (Å²) in [7, 11) is 1.60. The van der Waals surface area contributed by atoms with Crippen molar-refractivity contribution in [3.05, 3.63) is 84.2 Å². The summed E-state index contributed by atoms with van der Waals surface area (Å²) in [5.41, 5.74) is 5.25. The molecule has 0 unspecified atom stereocenters. The van der Waals surface area contributed by atoms with Crippen LogP contribution in [0.4, 0.5) is 5.69 Å². The maximum Gasteiger partial charge on any atom is 0.255 e. The number of ether oxygens (including phenoxy) is 1. The van der Waals surface area contributed by atoms with Crippen LogP contribution in [-0.2, 0) is 0 Å². The van der Waals surface area contributed by atoms with Gasteiger partial charge in [0.1, 0.15) is 12.1 Å². The lowest BCUT2D eigenvalue weighted by Crippen LogP contribution is -2.12. The van der Waals surface area contributed by atoms with Crippen LogP contribution in [0.2, 0.25) is 0 Å². The van der Waals surface area contributed by atoms with Gasteiger partial charge < -0.3 is 10.1 Å². The van der Waals surface area contributed by atoms with E-state index < -0.39 is 0 Å². The summed E-state index contributed by atoms with van der Waals surface area (Å²) < 4.78 is 7.31. The number of carbonyl (C=O) groups is 1. The Morgan fingerprint density at radius 3 is 2.59 bits per heavy atom. The van der Waals surface area contributed by atoms with Crippen molar-refractivity contribution in [2.24, 2.45) is 0 Å². The van der Waals surface area contributed by atoms with Crippen LogP contribution >= 0.6 is 0 Å². The van der Waals surface area contributed by atoms with Crippen molar-refractivity contribution in [2.75, 3.05) is 12.4 Å². The lowest BCUT2D eigenvalue weighted by atomic mass is 10.1. The van der Waals surface area contributed by atoms with Gasteiger partial charge in [-0.3, -0.25) is 9.36 Å². The summed E-state index contributed by atoms with van der Waals surface area (Å²) in [6.45, 7) is 1.94. The van der Waals surface area contributed by atoms with Gasteiger partial charge >= 0.3 is 0 Å². The van der Waals surface area contributed by atoms with Crippen LogP contribution in [-0.4, -0.2) is 22.6 Å². The predicted molar refractivity (Wildman–Crippen MR) is 107 cm³/mol. The van der Waals surface area contributed by atoms with Gasteiger partial charge in [-0.25, -0.2) is 4.98 Å². The minimum atomic E-state index is -0.172. The van der Waals surface area contributed by atoms with Crippen LogP contribution in [0.1, 0.15) is 15.9 Å². The van der Waals surface area contributed by atoms with Gasteiger partial charge in [0.15, 0.2) is 0 Å². The summed E-state index contributed by atoms with van der Waals surface area (Å²) in [5.74, 6) is 0.527. The Morgan fingerprint density at radius 1 is 1.04 bits per heavy atom. The molecule has 0 aliphatic carbocycles. The number of anilines is 1. The van der Waals surface area contributed by atoms with Gasteiger partial charge in [0, 0.05) is 16.9 Å². The van der Waals surface area contributed by atoms with E-state index in [0.717, 1.165) is 28.0 Å². The van der Waals surface area contributed by atoms with Crippen molar-refractivity contribution in [1.29, 1.82) is 0 Å². The van der Waals surface area contributed by atoms with Crippen molar-refractivity contribution >= 4 is 22.6 Å². The molecule has 1 N–H and O–H groups in total. The monoisotopic (exact) mass is 357 g/mol. The second kappa shape index (κ2) is 6.96. The average molecular weight is 357 g/mol. The summed E-state index contributed by atoms with van der Waals surface area (Å²) >= 11 is 0. The number of aromatic nitrogens is 2. The number of carbonyl (C=O) groups excluding carboxylic acids is 1. The topological polar surface area (TPSA) is 56.1 Å². The first kappa shape index (κ1) is 16.8. The van der Waals surface area contributed by atoms with Crippen LogP contribution < -0.4 is 10.1 Å². The van der Waals surface area contributed by atoms with E-state index in [2.05, 4.69) is 10.3 Å². The number of aryl methyl sites for hydroxylation is 1. The Bertz CT molecular complexity index is 1110. The molecule has 0 atom stereocenters. The standard InChI is InChI=1S/C22H19N3O2/c1-15-7-8-16(13-21(15)27-2)22(26)24-17-9-11-18(12-10-17)25-14-23-19-5-3-4-6-20(19)25/h3-14H,1-2H3,(H,24,26). The largest absolute Gasteiger partial charge is 0.496 e. The van der Waals surface area contributed by atoms with E-state index in [-0.39, 0.29) is 5.91 Å². The molecule has 1 heterocycles. The molecule has 0 saturated carbocycles. The van der Waals surface area contributed by atoms with Crippen molar-refractivity contribution in [1.82, 2.24) is 9.55 Å². The Kier molecular flexibility index (Phi) is 4.34. The smallest absolute Gasteiger partial charge is 0.255 e. The fourth-order valence-electron chi connectivity index (χ4n) is 3.03. The summed E-state index contributed by atoms with van der Waals surface area (Å²) in [6, 6.07) is 21.1. The van der Waals surface area contributed by atoms with E-state index in [1.807, 2.05) is 66.1 Å². The van der Waals surface area contributed by atoms with Crippen LogP contribution in [0.3, 0.4) is 0 Å². The molecule has 0 spiro atoms. The van der Waals surface area contributed by atoms with Crippen molar-refractivity contribution < 1.29 is 9.53 Å². The van der Waals surface area contributed by atoms with Gasteiger partial charge in [-0.2, -0.15) is 0 Å². The molecule has 0 fully saturated rings. The first-order valence-electron chi connectivity index (χ1n) is 8.64. The molecule has 0 aliphatic rings. The first-order valence-corrected chi connectivity index (χ1v) is 8.64. The molecule has 0 bridgehead atoms. The molecule has 1 amide bonds. The molecule has 0 saturated heterocycles. The fraction of sp³-hybridized carbons (Fsp3) is 0.0909. The maximum absolute atomic E-state index is 12.5. The predicted octanol–water partition coefficient (Wildman–Crippen LogP) is 4.59. The molecule has 4 aromatic rings. The first-order chi connectivity index (χ1) is 13.2. The molecule has 0 aliphatic heterocycles. The van der Waals surface area contributed by atoms with E-state index in [9.17, 15) is 4.79 Å². The van der Waals surface area contributed by atoms with Crippen LogP contribution in [0.25, 0.3) is 16.7 Å². The Hall–Kier alpha value is -3.60. The number of para-hydroxylation sites is 2. The minimum Gasteiger partial charge on any atom is -0.496 e. The Labute approximate surface area is 157 Å². The number of nitrogens with zero attached hydrogens (tertiary/aromatic N) is 2. The molecular formula is C22H19N3O2. The number of nitrogens with one attached hydrogen (secondary N) is 1. The Balaban J connectivity index is 1.55. The number of amides is 1. The highest BCUT2D eigenvalue weighted by atomic mass is 16.5. The van der Waals surface area contributed by atoms with Gasteiger partial charge in [-0.15, -0.1) is 0 Å². The molecule has 5 nitrogen and oxygen atoms in total. The molecule has 3 aromatic carbocycles. The summed E-state index contributed by atoms with van der Waals surface area (Å²) in [4.78, 5) is 16.9. The second-order valence-corrected chi connectivity index (χ2v) is 6.29. The lowest BCUT2D eigenvalue weighted by molar-refractivity contribution is 0.102. The average Bonchev–Trinajstić information content (AvgIpc) is 3.13. The Morgan fingerprint density at radius 2 is 1.81 bits per heavy atom. The van der Waals surface area contributed by atoms with Crippen LogP contribution in [0.5, 0.6) is 5.75 Å². The van der Waals surface area contributed by atoms with Crippen LogP contribution in [0, 0.1) is 6.92 Å². The van der Waals surface area contributed by atoms with Gasteiger partial charge in [0.25, 0.3) is 5.91 Å². The molecule has 134 valence electrons. The van der Waals surface area contributed by atoms with Gasteiger partial charge in [0.05, 0.1) is 18.1 Å². The third-order valence-corrected chi connectivity index (χ3v) is 4.53. The highest BCUT2D eigenvalue weighted by Gasteiger charge is 2.10. The molecular weight excluding hydrogens is 338 g/mol. The number of hydrogen-bond acceptors (Lipinski definition) is 3. The summed E-state index contributed by atoms with van der Waals surface area (Å²) in [6.07, 6.45) is 1.80. The molecule has 1 aromatic heterocycles. The van der Waals surface area contributed by atoms with E-state index in [0.29, 0.717) is 11.3 Å². The SMILES string of the molecule is COc1cc(C(=O)Nc2ccc(-n3cnc4ccccc43)cc2)ccc1C. The zero-order chi connectivity index (χ0) is 18.8. The molecule has 5 heteroatoms. The third-order valence-electron chi connectivity index (χ3n) is 4.53. The molecule has 27 heavy (non-hydrogen) atoms. The van der Waals surface area contributed by atoms with E-state index in [1.54, 1.807) is 25.6 Å². The second-order valence-electron chi connectivity index (χ2n) is 6.29. The highest BCUT2D eigenvalue weighted by molar-refractivity contribution is 6.04. The van der Waals surface area contributed by atoms with Crippen molar-refractivity contribution in [3.63, 3.8) is 0 Å². The zero-order valence-electron chi connectivity index (χ0n) is 15.1. The number of methoxy groups -OCH3 is 1. The molecule has 4 rings (SSSR count). The van der Waals surface area contributed by atoms with Crippen LogP contribution in [0.15, 0.2) is 73.1 Å². The van der Waals surface area contributed by atoms with Gasteiger partial charge in [0.2, 0.25) is 0 Å². The number of hydrogen-bond donors (Lipinski definition) is 1.